The Balaban J connectivity index is 2.13. The Kier molecular flexibility index (Phi) is 5.85. The molecule has 1 aromatic carbocycles. The molecule has 0 bridgehead atoms. The minimum atomic E-state index is -3.64. The van der Waals surface area contributed by atoms with Gasteiger partial charge in [0.25, 0.3) is 0 Å². The zero-order chi connectivity index (χ0) is 17.0. The van der Waals surface area contributed by atoms with E-state index in [9.17, 15) is 13.2 Å². The number of nitrogens with zero attached hydrogens (tertiary/aromatic N) is 1. The summed E-state index contributed by atoms with van der Waals surface area (Å²) >= 11 is 6.06. The summed E-state index contributed by atoms with van der Waals surface area (Å²) in [5, 5.41) is 0.255. The number of piperidine rings is 1. The predicted molar refractivity (Wildman–Crippen MR) is 86.4 cm³/mol. The van der Waals surface area contributed by atoms with Crippen LogP contribution in [0, 0.1) is 5.92 Å². The van der Waals surface area contributed by atoms with Crippen molar-refractivity contribution in [2.75, 3.05) is 19.7 Å². The number of nitrogens with two attached hydrogens (primary N) is 1. The maximum absolute atomic E-state index is 12.7. The average Bonchev–Trinajstić information content (AvgIpc) is 2.56. The number of hydrogen-bond acceptors (Lipinski definition) is 5. The summed E-state index contributed by atoms with van der Waals surface area (Å²) in [4.78, 5) is 11.6. The van der Waals surface area contributed by atoms with E-state index in [1.807, 2.05) is 6.92 Å². The van der Waals surface area contributed by atoms with Gasteiger partial charge in [-0.05, 0) is 38.0 Å². The van der Waals surface area contributed by atoms with Gasteiger partial charge in [0, 0.05) is 19.0 Å². The maximum Gasteiger partial charge on any atom is 0.243 e. The lowest BCUT2D eigenvalue weighted by molar-refractivity contribution is -0.126. The molecule has 0 spiro atoms. The predicted octanol–water partition coefficient (Wildman–Crippen LogP) is 1.13. The van der Waals surface area contributed by atoms with Gasteiger partial charge in [-0.1, -0.05) is 11.6 Å². The third-order valence-corrected chi connectivity index (χ3v) is 6.00. The number of carbonyl (C=O) groups is 1. The van der Waals surface area contributed by atoms with Crippen molar-refractivity contribution in [2.45, 2.75) is 24.7 Å². The lowest BCUT2D eigenvalue weighted by Gasteiger charge is -2.30. The molecule has 1 aliphatic heterocycles. The normalized spacial score (nSPS) is 17.0. The SMILES string of the molecule is CCOc1ccc(S(=O)(=O)N2CCC(C(=O)NN)CC2)cc1Cl. The molecule has 0 radical (unpaired) electrons. The van der Waals surface area contributed by atoms with Crippen LogP contribution in [-0.2, 0) is 14.8 Å². The second-order valence-corrected chi connectivity index (χ2v) is 7.56. The van der Waals surface area contributed by atoms with Crippen LogP contribution in [0.3, 0.4) is 0 Å². The zero-order valence-corrected chi connectivity index (χ0v) is 14.4. The molecule has 1 aliphatic rings. The van der Waals surface area contributed by atoms with Crippen LogP contribution in [-0.4, -0.2) is 38.3 Å². The molecule has 3 N–H and O–H groups in total. The molecule has 1 heterocycles. The van der Waals surface area contributed by atoms with E-state index in [1.165, 1.54) is 16.4 Å². The van der Waals surface area contributed by atoms with Crippen molar-refractivity contribution in [2.24, 2.45) is 11.8 Å². The lowest BCUT2D eigenvalue weighted by atomic mass is 9.98. The van der Waals surface area contributed by atoms with Crippen molar-refractivity contribution < 1.29 is 17.9 Å². The molecule has 1 aromatic rings. The summed E-state index contributed by atoms with van der Waals surface area (Å²) in [6.45, 7) is 2.81. The Morgan fingerprint density at radius 3 is 2.61 bits per heavy atom. The van der Waals surface area contributed by atoms with Crippen LogP contribution in [0.1, 0.15) is 19.8 Å². The summed E-state index contributed by atoms with van der Waals surface area (Å²) < 4.78 is 32.0. The van der Waals surface area contributed by atoms with Gasteiger partial charge in [0.1, 0.15) is 5.75 Å². The first-order valence-electron chi connectivity index (χ1n) is 7.33. The highest BCUT2D eigenvalue weighted by Crippen LogP contribution is 2.30. The van der Waals surface area contributed by atoms with Crippen molar-refractivity contribution in [3.05, 3.63) is 23.2 Å². The van der Waals surface area contributed by atoms with E-state index in [0.717, 1.165) is 0 Å². The number of carbonyl (C=O) groups excluding carboxylic acids is 1. The number of hydrogen-bond donors (Lipinski definition) is 2. The fraction of sp³-hybridized carbons (Fsp3) is 0.500. The molecule has 2 rings (SSSR count). The zero-order valence-electron chi connectivity index (χ0n) is 12.8. The van der Waals surface area contributed by atoms with Gasteiger partial charge in [-0.2, -0.15) is 4.31 Å². The fourth-order valence-electron chi connectivity index (χ4n) is 2.54. The van der Waals surface area contributed by atoms with Gasteiger partial charge in [-0.15, -0.1) is 0 Å². The number of ether oxygens (including phenoxy) is 1. The minimum absolute atomic E-state index is 0.118. The monoisotopic (exact) mass is 361 g/mol. The first-order valence-corrected chi connectivity index (χ1v) is 9.15. The van der Waals surface area contributed by atoms with E-state index < -0.39 is 10.0 Å². The molecule has 1 amide bonds. The molecule has 0 atom stereocenters. The highest BCUT2D eigenvalue weighted by atomic mass is 35.5. The molecule has 7 nitrogen and oxygen atoms in total. The summed E-state index contributed by atoms with van der Waals surface area (Å²) in [5.74, 6) is 5.05. The number of hydrazine groups is 1. The quantitative estimate of drug-likeness (QED) is 0.465. The molecule has 0 unspecified atom stereocenters. The van der Waals surface area contributed by atoms with E-state index in [1.54, 1.807) is 6.07 Å². The number of rotatable bonds is 5. The summed E-state index contributed by atoms with van der Waals surface area (Å²) in [6.07, 6.45) is 0.875. The second kappa shape index (κ2) is 7.48. The van der Waals surface area contributed by atoms with Crippen LogP contribution in [0.5, 0.6) is 5.75 Å². The first kappa shape index (κ1) is 18.0. The number of nitrogens with one attached hydrogen (secondary N) is 1. The summed E-state index contributed by atoms with van der Waals surface area (Å²) in [6, 6.07) is 4.42. The smallest absolute Gasteiger partial charge is 0.243 e. The van der Waals surface area contributed by atoms with Gasteiger partial charge < -0.3 is 4.74 Å². The molecule has 128 valence electrons. The molecule has 9 heteroatoms. The van der Waals surface area contributed by atoms with Gasteiger partial charge in [-0.3, -0.25) is 10.2 Å². The van der Waals surface area contributed by atoms with Crippen molar-refractivity contribution >= 4 is 27.5 Å². The maximum atomic E-state index is 12.7. The molecule has 0 saturated carbocycles. The van der Waals surface area contributed by atoms with Gasteiger partial charge >= 0.3 is 0 Å². The van der Waals surface area contributed by atoms with Crippen molar-refractivity contribution in [3.63, 3.8) is 0 Å². The van der Waals surface area contributed by atoms with E-state index in [4.69, 9.17) is 22.2 Å². The molecular formula is C14H20ClN3O4S. The number of amides is 1. The largest absolute Gasteiger partial charge is 0.492 e. The van der Waals surface area contributed by atoms with Crippen LogP contribution < -0.4 is 16.0 Å². The Labute approximate surface area is 140 Å². The Hall–Kier alpha value is -1.35. The average molecular weight is 362 g/mol. The highest BCUT2D eigenvalue weighted by molar-refractivity contribution is 7.89. The van der Waals surface area contributed by atoms with E-state index in [0.29, 0.717) is 25.2 Å². The van der Waals surface area contributed by atoms with Crippen molar-refractivity contribution in [1.82, 2.24) is 9.73 Å². The third kappa shape index (κ3) is 3.95. The first-order chi connectivity index (χ1) is 10.9. The molecule has 23 heavy (non-hydrogen) atoms. The van der Waals surface area contributed by atoms with Crippen LogP contribution in [0.15, 0.2) is 23.1 Å². The lowest BCUT2D eigenvalue weighted by Crippen LogP contribution is -2.44. The number of benzene rings is 1. The van der Waals surface area contributed by atoms with E-state index in [-0.39, 0.29) is 34.8 Å². The van der Waals surface area contributed by atoms with Gasteiger partial charge in [0.2, 0.25) is 15.9 Å². The van der Waals surface area contributed by atoms with Crippen molar-refractivity contribution in [1.29, 1.82) is 0 Å². The van der Waals surface area contributed by atoms with Crippen LogP contribution in [0.4, 0.5) is 0 Å². The summed E-state index contributed by atoms with van der Waals surface area (Å²) in [5.41, 5.74) is 2.11. The number of halogens is 1. The number of sulfonamides is 1. The van der Waals surface area contributed by atoms with Gasteiger partial charge in [0.15, 0.2) is 0 Å². The van der Waals surface area contributed by atoms with E-state index in [2.05, 4.69) is 5.43 Å². The van der Waals surface area contributed by atoms with Crippen molar-refractivity contribution in [3.8, 4) is 5.75 Å². The van der Waals surface area contributed by atoms with Crippen LogP contribution in [0.2, 0.25) is 5.02 Å². The Morgan fingerprint density at radius 2 is 2.09 bits per heavy atom. The minimum Gasteiger partial charge on any atom is -0.492 e. The molecule has 0 aromatic heterocycles. The molecule has 0 aliphatic carbocycles. The Bertz CT molecular complexity index is 673. The topological polar surface area (TPSA) is 102 Å². The third-order valence-electron chi connectivity index (χ3n) is 3.81. The fourth-order valence-corrected chi connectivity index (χ4v) is 4.34. The summed E-state index contributed by atoms with van der Waals surface area (Å²) in [7, 11) is -3.64. The second-order valence-electron chi connectivity index (χ2n) is 5.21. The standard InChI is InChI=1S/C14H20ClN3O4S/c1-2-22-13-4-3-11(9-12(13)15)23(20,21)18-7-5-10(6-8-18)14(19)17-16/h3-4,9-10H,2,5-8,16H2,1H3,(H,17,19). The van der Waals surface area contributed by atoms with E-state index >= 15 is 0 Å². The molecule has 1 fully saturated rings. The Morgan fingerprint density at radius 1 is 1.43 bits per heavy atom. The highest BCUT2D eigenvalue weighted by Gasteiger charge is 2.32. The van der Waals surface area contributed by atoms with Crippen LogP contribution >= 0.6 is 11.6 Å². The van der Waals surface area contributed by atoms with Gasteiger partial charge in [-0.25, -0.2) is 14.3 Å². The van der Waals surface area contributed by atoms with Gasteiger partial charge in [0.05, 0.1) is 16.5 Å². The van der Waals surface area contributed by atoms with Crippen LogP contribution in [0.25, 0.3) is 0 Å². The molecule has 1 saturated heterocycles. The molecular weight excluding hydrogens is 342 g/mol.